The van der Waals surface area contributed by atoms with E-state index in [9.17, 15) is 14.4 Å². The molecule has 0 saturated carbocycles. The molecule has 1 fully saturated rings. The van der Waals surface area contributed by atoms with E-state index in [1.54, 1.807) is 24.0 Å². The fraction of sp³-hybridized carbons (Fsp3) is 0.471. The largest absolute Gasteiger partial charge is 0.481 e. The monoisotopic (exact) mass is 318 g/mol. The number of nitrogens with one attached hydrogen (secondary N) is 1. The summed E-state index contributed by atoms with van der Waals surface area (Å²) in [6.45, 7) is 2.80. The minimum Gasteiger partial charge on any atom is -0.481 e. The highest BCUT2D eigenvalue weighted by atomic mass is 16.4. The number of benzene rings is 1. The van der Waals surface area contributed by atoms with Crippen LogP contribution in [0.4, 0.5) is 5.69 Å². The molecule has 1 aromatic rings. The van der Waals surface area contributed by atoms with Gasteiger partial charge in [-0.25, -0.2) is 0 Å². The average molecular weight is 318 g/mol. The zero-order chi connectivity index (χ0) is 16.8. The maximum absolute atomic E-state index is 12.3. The minimum atomic E-state index is -0.820. The highest BCUT2D eigenvalue weighted by Crippen LogP contribution is 2.20. The maximum Gasteiger partial charge on any atom is 0.303 e. The van der Waals surface area contributed by atoms with E-state index in [0.29, 0.717) is 38.0 Å². The summed E-state index contributed by atoms with van der Waals surface area (Å²) in [7, 11) is 0. The van der Waals surface area contributed by atoms with E-state index < -0.39 is 5.97 Å². The molecule has 2 N–H and O–H groups in total. The molecule has 0 aromatic heterocycles. The Kier molecular flexibility index (Phi) is 5.73. The summed E-state index contributed by atoms with van der Waals surface area (Å²) in [5, 5.41) is 11.6. The van der Waals surface area contributed by atoms with E-state index in [4.69, 9.17) is 5.11 Å². The van der Waals surface area contributed by atoms with Gasteiger partial charge in [-0.15, -0.1) is 0 Å². The topological polar surface area (TPSA) is 86.7 Å². The third-order valence-corrected chi connectivity index (χ3v) is 4.16. The summed E-state index contributed by atoms with van der Waals surface area (Å²) in [5.41, 5.74) is 1.64. The molecule has 23 heavy (non-hydrogen) atoms. The van der Waals surface area contributed by atoms with Crippen LogP contribution in [0.1, 0.15) is 31.7 Å². The predicted octanol–water partition coefficient (Wildman–Crippen LogP) is 1.90. The standard InChI is InChI=1S/C17H22N2O4/c1-12(20)19-10-8-14(9-11-19)17(23)18-15-5-2-13(3-6-15)4-7-16(21)22/h2-3,5-6,14H,4,7-11H2,1H3,(H,18,23)(H,21,22). The molecule has 0 spiro atoms. The molecule has 2 rings (SSSR count). The van der Waals surface area contributed by atoms with Crippen LogP contribution in [0.25, 0.3) is 0 Å². The Balaban J connectivity index is 1.83. The second kappa shape index (κ2) is 7.76. The molecule has 0 radical (unpaired) electrons. The molecular formula is C17H22N2O4. The molecule has 1 aliphatic heterocycles. The first kappa shape index (κ1) is 17.0. The van der Waals surface area contributed by atoms with Gasteiger partial charge in [0.05, 0.1) is 0 Å². The Morgan fingerprint density at radius 2 is 1.78 bits per heavy atom. The number of carbonyl (C=O) groups excluding carboxylic acids is 2. The van der Waals surface area contributed by atoms with Crippen molar-refractivity contribution in [3.63, 3.8) is 0 Å². The maximum atomic E-state index is 12.3. The van der Waals surface area contributed by atoms with Crippen molar-refractivity contribution in [3.05, 3.63) is 29.8 Å². The lowest BCUT2D eigenvalue weighted by molar-refractivity contribution is -0.137. The number of anilines is 1. The molecule has 1 aliphatic rings. The number of hydrogen-bond acceptors (Lipinski definition) is 3. The average Bonchev–Trinajstić information content (AvgIpc) is 2.54. The molecule has 2 amide bonds. The Bertz CT molecular complexity index is 575. The second-order valence-corrected chi connectivity index (χ2v) is 5.86. The van der Waals surface area contributed by atoms with Gasteiger partial charge in [0.1, 0.15) is 0 Å². The molecule has 1 aromatic carbocycles. The van der Waals surface area contributed by atoms with Gasteiger partial charge < -0.3 is 15.3 Å². The normalized spacial score (nSPS) is 15.3. The minimum absolute atomic E-state index is 0.0218. The third kappa shape index (κ3) is 5.09. The molecule has 0 unspecified atom stereocenters. The number of carbonyl (C=O) groups is 3. The molecule has 1 heterocycles. The number of aliphatic carboxylic acids is 1. The van der Waals surface area contributed by atoms with Crippen LogP contribution in [0.2, 0.25) is 0 Å². The molecule has 0 atom stereocenters. The second-order valence-electron chi connectivity index (χ2n) is 5.86. The lowest BCUT2D eigenvalue weighted by Crippen LogP contribution is -2.40. The number of nitrogens with zero attached hydrogens (tertiary/aromatic N) is 1. The number of carboxylic acids is 1. The highest BCUT2D eigenvalue weighted by Gasteiger charge is 2.25. The van der Waals surface area contributed by atoms with E-state index in [1.165, 1.54) is 0 Å². The molecule has 0 bridgehead atoms. The van der Waals surface area contributed by atoms with Crippen LogP contribution in [-0.2, 0) is 20.8 Å². The van der Waals surface area contributed by atoms with Crippen LogP contribution in [0, 0.1) is 5.92 Å². The van der Waals surface area contributed by atoms with Gasteiger partial charge in [0.25, 0.3) is 0 Å². The quantitative estimate of drug-likeness (QED) is 0.868. The summed E-state index contributed by atoms with van der Waals surface area (Å²) in [5.74, 6) is -0.858. The molecule has 124 valence electrons. The number of likely N-dealkylation sites (tertiary alicyclic amines) is 1. The smallest absolute Gasteiger partial charge is 0.303 e. The number of aryl methyl sites for hydroxylation is 1. The zero-order valence-electron chi connectivity index (χ0n) is 13.2. The van der Waals surface area contributed by atoms with Gasteiger partial charge in [-0.05, 0) is 37.0 Å². The fourth-order valence-electron chi connectivity index (χ4n) is 2.71. The summed E-state index contributed by atoms with van der Waals surface area (Å²) >= 11 is 0. The van der Waals surface area contributed by atoms with Gasteiger partial charge in [0, 0.05) is 38.0 Å². The van der Waals surface area contributed by atoms with Crippen molar-refractivity contribution in [1.82, 2.24) is 4.90 Å². The summed E-state index contributed by atoms with van der Waals surface area (Å²) < 4.78 is 0. The van der Waals surface area contributed by atoms with Gasteiger partial charge in [-0.2, -0.15) is 0 Å². The Morgan fingerprint density at radius 3 is 2.30 bits per heavy atom. The SMILES string of the molecule is CC(=O)N1CCC(C(=O)Nc2ccc(CCC(=O)O)cc2)CC1. The van der Waals surface area contributed by atoms with Gasteiger partial charge in [-0.3, -0.25) is 14.4 Å². The van der Waals surface area contributed by atoms with Crippen LogP contribution >= 0.6 is 0 Å². The number of amides is 2. The van der Waals surface area contributed by atoms with Gasteiger partial charge in [0.2, 0.25) is 11.8 Å². The summed E-state index contributed by atoms with van der Waals surface area (Å²) in [6, 6.07) is 7.24. The first-order valence-corrected chi connectivity index (χ1v) is 7.83. The Morgan fingerprint density at radius 1 is 1.17 bits per heavy atom. The van der Waals surface area contributed by atoms with Crippen molar-refractivity contribution < 1.29 is 19.5 Å². The van der Waals surface area contributed by atoms with Crippen LogP contribution in [0.3, 0.4) is 0 Å². The van der Waals surface area contributed by atoms with E-state index >= 15 is 0 Å². The number of rotatable bonds is 5. The molecule has 1 saturated heterocycles. The lowest BCUT2D eigenvalue weighted by atomic mass is 9.95. The Hall–Kier alpha value is -2.37. The summed E-state index contributed by atoms with van der Waals surface area (Å²) in [6.07, 6.45) is 1.94. The van der Waals surface area contributed by atoms with Crippen molar-refractivity contribution in [2.24, 2.45) is 5.92 Å². The third-order valence-electron chi connectivity index (χ3n) is 4.16. The van der Waals surface area contributed by atoms with E-state index in [1.807, 2.05) is 12.1 Å². The molecule has 6 heteroatoms. The highest BCUT2D eigenvalue weighted by molar-refractivity contribution is 5.92. The van der Waals surface area contributed by atoms with Crippen molar-refractivity contribution in [2.75, 3.05) is 18.4 Å². The van der Waals surface area contributed by atoms with Crippen molar-refractivity contribution in [3.8, 4) is 0 Å². The van der Waals surface area contributed by atoms with Crippen molar-refractivity contribution in [1.29, 1.82) is 0 Å². The fourth-order valence-corrected chi connectivity index (χ4v) is 2.71. The number of piperidine rings is 1. The Labute approximate surface area is 135 Å². The first-order chi connectivity index (χ1) is 11.0. The van der Waals surface area contributed by atoms with Crippen molar-refractivity contribution >= 4 is 23.5 Å². The van der Waals surface area contributed by atoms with Gasteiger partial charge >= 0.3 is 5.97 Å². The molecule has 0 aliphatic carbocycles. The van der Waals surface area contributed by atoms with E-state index in [-0.39, 0.29) is 24.2 Å². The summed E-state index contributed by atoms with van der Waals surface area (Å²) in [4.78, 5) is 35.8. The number of hydrogen-bond donors (Lipinski definition) is 2. The van der Waals surface area contributed by atoms with Gasteiger partial charge in [0.15, 0.2) is 0 Å². The first-order valence-electron chi connectivity index (χ1n) is 7.83. The van der Waals surface area contributed by atoms with Crippen molar-refractivity contribution in [2.45, 2.75) is 32.6 Å². The van der Waals surface area contributed by atoms with Crippen LogP contribution < -0.4 is 5.32 Å². The number of carboxylic acid groups (broad SMARTS) is 1. The molecular weight excluding hydrogens is 296 g/mol. The predicted molar refractivity (Wildman–Crippen MR) is 86.0 cm³/mol. The van der Waals surface area contributed by atoms with Crippen LogP contribution in [0.5, 0.6) is 0 Å². The van der Waals surface area contributed by atoms with Crippen LogP contribution in [-0.4, -0.2) is 40.9 Å². The zero-order valence-corrected chi connectivity index (χ0v) is 13.2. The van der Waals surface area contributed by atoms with Gasteiger partial charge in [-0.1, -0.05) is 12.1 Å². The lowest BCUT2D eigenvalue weighted by Gasteiger charge is -2.30. The van der Waals surface area contributed by atoms with E-state index in [0.717, 1.165) is 5.56 Å². The molecule has 6 nitrogen and oxygen atoms in total. The van der Waals surface area contributed by atoms with E-state index in [2.05, 4.69) is 5.32 Å². The van der Waals surface area contributed by atoms with Crippen LogP contribution in [0.15, 0.2) is 24.3 Å².